The molecule has 3 rings (SSSR count). The molecule has 1 atom stereocenters. The molecule has 3 amide bonds. The van der Waals surface area contributed by atoms with Gasteiger partial charge in [-0.05, 0) is 65.9 Å². The van der Waals surface area contributed by atoms with Gasteiger partial charge in [0, 0.05) is 26.2 Å². The molecule has 0 spiro atoms. The molecule has 0 aromatic heterocycles. The van der Waals surface area contributed by atoms with Crippen LogP contribution in [0, 0.1) is 19.8 Å². The zero-order chi connectivity index (χ0) is 23.5. The molecule has 2 fully saturated rings. The van der Waals surface area contributed by atoms with E-state index >= 15 is 0 Å². The lowest BCUT2D eigenvalue weighted by Crippen LogP contribution is -2.49. The van der Waals surface area contributed by atoms with Gasteiger partial charge in [0.15, 0.2) is 0 Å². The van der Waals surface area contributed by atoms with E-state index in [9.17, 15) is 14.4 Å². The van der Waals surface area contributed by atoms with Gasteiger partial charge in [-0.1, -0.05) is 29.3 Å². The molecule has 1 aliphatic carbocycles. The summed E-state index contributed by atoms with van der Waals surface area (Å²) in [6.07, 6.45) is 2.84. The summed E-state index contributed by atoms with van der Waals surface area (Å²) in [5.41, 5.74) is 2.50. The van der Waals surface area contributed by atoms with Crippen LogP contribution in [0.5, 0.6) is 0 Å². The lowest BCUT2D eigenvalue weighted by Gasteiger charge is -2.35. The zero-order valence-electron chi connectivity index (χ0n) is 20.0. The molecule has 1 aliphatic heterocycles. The summed E-state index contributed by atoms with van der Waals surface area (Å²) in [5.74, 6) is -0.124. The van der Waals surface area contributed by atoms with E-state index in [1.807, 2.05) is 4.90 Å². The Morgan fingerprint density at radius 1 is 1.06 bits per heavy atom. The van der Waals surface area contributed by atoms with Crippen LogP contribution in [0.1, 0.15) is 63.1 Å². The topological polar surface area (TPSA) is 87.7 Å². The number of ether oxygens (including phenoxy) is 1. The Morgan fingerprint density at radius 2 is 1.69 bits per heavy atom. The Hall–Kier alpha value is -2.57. The molecule has 1 saturated carbocycles. The Labute approximate surface area is 191 Å². The van der Waals surface area contributed by atoms with E-state index in [0.29, 0.717) is 26.2 Å². The van der Waals surface area contributed by atoms with Crippen molar-refractivity contribution in [2.24, 2.45) is 5.92 Å². The summed E-state index contributed by atoms with van der Waals surface area (Å²) < 4.78 is 5.18. The lowest BCUT2D eigenvalue weighted by molar-refractivity contribution is -0.138. The minimum atomic E-state index is -0.554. The van der Waals surface area contributed by atoms with Crippen molar-refractivity contribution in [1.29, 1.82) is 0 Å². The van der Waals surface area contributed by atoms with Crippen molar-refractivity contribution >= 4 is 17.9 Å². The molecule has 0 radical (unpaired) electrons. The van der Waals surface area contributed by atoms with Gasteiger partial charge in [0.25, 0.3) is 0 Å². The van der Waals surface area contributed by atoms with Crippen LogP contribution in [0.15, 0.2) is 18.2 Å². The molecular formula is C25H37N3O4. The molecule has 176 valence electrons. The molecular weight excluding hydrogens is 406 g/mol. The van der Waals surface area contributed by atoms with Gasteiger partial charge >= 0.3 is 6.09 Å². The van der Waals surface area contributed by atoms with Gasteiger partial charge in [-0.3, -0.25) is 9.59 Å². The fraction of sp³-hybridized carbons (Fsp3) is 0.640. The number of amides is 3. The van der Waals surface area contributed by atoms with Crippen molar-refractivity contribution in [2.45, 2.75) is 71.3 Å². The number of carbonyl (C=O) groups is 3. The Balaban J connectivity index is 1.51. The standard InChI is InChI=1S/C25H37N3O4/c1-17-13-18(2)15-20(14-17)25(8-9-25)22(30)28-12-6-7-19(16-28)21(29)26-10-11-27-23(31)32-24(3,4)5/h13-15,19H,6-12,16H2,1-5H3,(H,26,29)(H,27,31). The van der Waals surface area contributed by atoms with E-state index in [1.165, 1.54) is 11.1 Å². The lowest BCUT2D eigenvalue weighted by atomic mass is 9.89. The van der Waals surface area contributed by atoms with E-state index in [0.717, 1.165) is 31.2 Å². The van der Waals surface area contributed by atoms with Gasteiger partial charge in [-0.15, -0.1) is 0 Å². The van der Waals surface area contributed by atoms with E-state index in [-0.39, 0.29) is 17.7 Å². The highest BCUT2D eigenvalue weighted by Gasteiger charge is 2.53. The van der Waals surface area contributed by atoms with Crippen LogP contribution in [0.4, 0.5) is 4.79 Å². The summed E-state index contributed by atoms with van der Waals surface area (Å²) in [6, 6.07) is 6.39. The highest BCUT2D eigenvalue weighted by atomic mass is 16.6. The number of hydrogen-bond acceptors (Lipinski definition) is 4. The van der Waals surface area contributed by atoms with Gasteiger partial charge in [0.05, 0.1) is 11.3 Å². The second kappa shape index (κ2) is 9.51. The number of hydrogen-bond donors (Lipinski definition) is 2. The number of nitrogens with zero attached hydrogens (tertiary/aromatic N) is 1. The smallest absolute Gasteiger partial charge is 0.407 e. The fourth-order valence-electron chi connectivity index (χ4n) is 4.49. The number of carbonyl (C=O) groups excluding carboxylic acids is 3. The highest BCUT2D eigenvalue weighted by molar-refractivity contribution is 5.92. The third-order valence-electron chi connectivity index (χ3n) is 6.11. The maximum absolute atomic E-state index is 13.5. The first kappa shape index (κ1) is 24.1. The molecule has 7 heteroatoms. The zero-order valence-corrected chi connectivity index (χ0v) is 20.0. The summed E-state index contributed by atoms with van der Waals surface area (Å²) in [7, 11) is 0. The molecule has 7 nitrogen and oxygen atoms in total. The number of benzene rings is 1. The molecule has 1 aromatic rings. The predicted octanol–water partition coefficient (Wildman–Crippen LogP) is 3.21. The van der Waals surface area contributed by atoms with Gasteiger partial charge in [0.1, 0.15) is 5.60 Å². The molecule has 1 unspecified atom stereocenters. The van der Waals surface area contributed by atoms with Gasteiger partial charge < -0.3 is 20.3 Å². The molecule has 32 heavy (non-hydrogen) atoms. The quantitative estimate of drug-likeness (QED) is 0.661. The summed E-state index contributed by atoms with van der Waals surface area (Å²) in [4.78, 5) is 39.7. The van der Waals surface area contributed by atoms with Crippen LogP contribution < -0.4 is 10.6 Å². The minimum Gasteiger partial charge on any atom is -0.444 e. The van der Waals surface area contributed by atoms with Crippen LogP contribution >= 0.6 is 0 Å². The first-order chi connectivity index (χ1) is 15.0. The predicted molar refractivity (Wildman–Crippen MR) is 123 cm³/mol. The van der Waals surface area contributed by atoms with E-state index in [2.05, 4.69) is 42.7 Å². The van der Waals surface area contributed by atoms with Crippen LogP contribution in [0.25, 0.3) is 0 Å². The third-order valence-corrected chi connectivity index (χ3v) is 6.11. The molecule has 1 saturated heterocycles. The van der Waals surface area contributed by atoms with Crippen LogP contribution in [-0.4, -0.2) is 54.6 Å². The molecule has 2 aliphatic rings. The number of rotatable bonds is 6. The summed E-state index contributed by atoms with van der Waals surface area (Å²) in [5, 5.41) is 5.52. The largest absolute Gasteiger partial charge is 0.444 e. The van der Waals surface area contributed by atoms with E-state index in [4.69, 9.17) is 4.74 Å². The summed E-state index contributed by atoms with van der Waals surface area (Å²) >= 11 is 0. The maximum Gasteiger partial charge on any atom is 0.407 e. The van der Waals surface area contributed by atoms with Crippen molar-refractivity contribution in [2.75, 3.05) is 26.2 Å². The van der Waals surface area contributed by atoms with Crippen molar-refractivity contribution in [3.63, 3.8) is 0 Å². The molecule has 0 bridgehead atoms. The SMILES string of the molecule is Cc1cc(C)cc(C2(C(=O)N3CCCC(C(=O)NCCNC(=O)OC(C)(C)C)C3)CC2)c1. The Bertz CT molecular complexity index is 850. The van der Waals surface area contributed by atoms with Crippen LogP contribution in [0.3, 0.4) is 0 Å². The van der Waals surface area contributed by atoms with Crippen molar-refractivity contribution in [3.8, 4) is 0 Å². The number of piperidine rings is 1. The second-order valence-corrected chi connectivity index (χ2v) is 10.3. The van der Waals surface area contributed by atoms with Crippen LogP contribution in [0.2, 0.25) is 0 Å². The Kier molecular flexibility index (Phi) is 7.16. The average molecular weight is 444 g/mol. The molecule has 2 N–H and O–H groups in total. The highest BCUT2D eigenvalue weighted by Crippen LogP contribution is 2.50. The third kappa shape index (κ3) is 6.02. The van der Waals surface area contributed by atoms with Gasteiger partial charge in [-0.25, -0.2) is 4.79 Å². The second-order valence-electron chi connectivity index (χ2n) is 10.3. The van der Waals surface area contributed by atoms with Crippen molar-refractivity contribution < 1.29 is 19.1 Å². The first-order valence-corrected chi connectivity index (χ1v) is 11.6. The van der Waals surface area contributed by atoms with Gasteiger partial charge in [-0.2, -0.15) is 0 Å². The van der Waals surface area contributed by atoms with E-state index in [1.54, 1.807) is 20.8 Å². The number of aryl methyl sites for hydroxylation is 2. The van der Waals surface area contributed by atoms with E-state index < -0.39 is 17.1 Å². The molecule has 1 heterocycles. The number of alkyl carbamates (subject to hydrolysis) is 1. The molecule has 1 aromatic carbocycles. The normalized spacial score (nSPS) is 19.8. The average Bonchev–Trinajstić information content (AvgIpc) is 3.50. The minimum absolute atomic E-state index is 0.0651. The number of likely N-dealkylation sites (tertiary alicyclic amines) is 1. The number of nitrogens with one attached hydrogen (secondary N) is 2. The maximum atomic E-state index is 13.5. The summed E-state index contributed by atoms with van der Waals surface area (Å²) in [6.45, 7) is 11.3. The van der Waals surface area contributed by atoms with Crippen molar-refractivity contribution in [1.82, 2.24) is 15.5 Å². The van der Waals surface area contributed by atoms with Crippen LogP contribution in [-0.2, 0) is 19.7 Å². The van der Waals surface area contributed by atoms with Crippen molar-refractivity contribution in [3.05, 3.63) is 34.9 Å². The Morgan fingerprint density at radius 3 is 2.28 bits per heavy atom. The monoisotopic (exact) mass is 443 g/mol. The fourth-order valence-corrected chi connectivity index (χ4v) is 4.49. The van der Waals surface area contributed by atoms with Gasteiger partial charge in [0.2, 0.25) is 11.8 Å². The first-order valence-electron chi connectivity index (χ1n) is 11.6.